The third-order valence-corrected chi connectivity index (χ3v) is 4.83. The van der Waals surface area contributed by atoms with Gasteiger partial charge in [-0.15, -0.1) is 30.6 Å². The molecule has 0 atom stereocenters. The Hall–Kier alpha value is -0.830. The molecule has 2 fully saturated rings. The second kappa shape index (κ2) is 12.5. The number of hydrogen-bond acceptors (Lipinski definition) is 3. The maximum Gasteiger partial charge on any atom is 0.225 e. The minimum atomic E-state index is 0. The van der Waals surface area contributed by atoms with E-state index >= 15 is 0 Å². The summed E-state index contributed by atoms with van der Waals surface area (Å²) >= 11 is 0. The molecule has 1 heterocycles. The van der Waals surface area contributed by atoms with E-state index in [2.05, 4.69) is 38.9 Å². The van der Waals surface area contributed by atoms with E-state index in [9.17, 15) is 4.79 Å². The van der Waals surface area contributed by atoms with Crippen LogP contribution in [0.2, 0.25) is 0 Å². The van der Waals surface area contributed by atoms with Gasteiger partial charge in [0.1, 0.15) is 0 Å². The Balaban J connectivity index is 0.00000312. The molecule has 25 heavy (non-hydrogen) atoms. The highest BCUT2D eigenvalue weighted by Crippen LogP contribution is 2.26. The van der Waals surface area contributed by atoms with E-state index in [1.807, 2.05) is 6.08 Å². The second-order valence-corrected chi connectivity index (χ2v) is 6.58. The van der Waals surface area contributed by atoms with E-state index in [4.69, 9.17) is 0 Å². The van der Waals surface area contributed by atoms with Gasteiger partial charge in [0.2, 0.25) is 5.91 Å². The Morgan fingerprint density at radius 2 is 1.88 bits per heavy atom. The average Bonchev–Trinajstić information content (AvgIpc) is 3.14. The van der Waals surface area contributed by atoms with Crippen LogP contribution in [0.4, 0.5) is 0 Å². The van der Waals surface area contributed by atoms with Gasteiger partial charge >= 0.3 is 0 Å². The van der Waals surface area contributed by atoms with Gasteiger partial charge in [0.15, 0.2) is 5.96 Å². The fraction of sp³-hybridized carbons (Fsp3) is 0.778. The van der Waals surface area contributed by atoms with Crippen molar-refractivity contribution in [3.63, 3.8) is 0 Å². The van der Waals surface area contributed by atoms with E-state index in [1.165, 1.54) is 12.8 Å². The number of aliphatic imine (C=N–C) groups is 1. The largest absolute Gasteiger partial charge is 0.357 e. The second-order valence-electron chi connectivity index (χ2n) is 6.58. The molecule has 0 radical (unpaired) electrons. The zero-order valence-corrected chi connectivity index (χ0v) is 17.8. The number of guanidine groups is 1. The predicted molar refractivity (Wildman–Crippen MR) is 115 cm³/mol. The molecule has 1 saturated heterocycles. The Kier molecular flexibility index (Phi) is 11.1. The molecule has 0 aromatic rings. The molecule has 6 nitrogen and oxygen atoms in total. The number of nitrogens with zero attached hydrogens (tertiary/aromatic N) is 3. The summed E-state index contributed by atoms with van der Waals surface area (Å²) < 4.78 is 0. The SMILES string of the molecule is C=CCNC(=NCCN1CCN(C(=O)C2CCCC2)CC1)NCC.I. The number of nitrogens with one attached hydrogen (secondary N) is 2. The standard InChI is InChI=1S/C18H33N5O.HI/c1-3-9-20-18(19-4-2)21-10-11-22-12-14-23(15-13-22)17(24)16-7-5-6-8-16;/h3,16H,1,4-15H2,2H3,(H2,19,20,21);1H. The van der Waals surface area contributed by atoms with Gasteiger partial charge in [-0.2, -0.15) is 0 Å². The first-order valence-electron chi connectivity index (χ1n) is 9.38. The maximum absolute atomic E-state index is 12.4. The summed E-state index contributed by atoms with van der Waals surface area (Å²) in [6, 6.07) is 0. The molecule has 1 amide bonds. The fourth-order valence-corrected chi connectivity index (χ4v) is 3.44. The van der Waals surface area contributed by atoms with Gasteiger partial charge in [0.25, 0.3) is 0 Å². The Labute approximate surface area is 169 Å². The first-order valence-corrected chi connectivity index (χ1v) is 9.38. The van der Waals surface area contributed by atoms with Crippen LogP contribution >= 0.6 is 24.0 Å². The highest BCUT2D eigenvalue weighted by Gasteiger charge is 2.29. The molecule has 1 saturated carbocycles. The highest BCUT2D eigenvalue weighted by molar-refractivity contribution is 14.0. The normalized spacial score (nSPS) is 19.4. The molecule has 0 aromatic heterocycles. The average molecular weight is 463 g/mol. The molecule has 2 aliphatic rings. The summed E-state index contributed by atoms with van der Waals surface area (Å²) in [5.74, 6) is 1.54. The monoisotopic (exact) mass is 463 g/mol. The molecular formula is C18H34IN5O. The number of hydrogen-bond donors (Lipinski definition) is 2. The molecule has 2 rings (SSSR count). The highest BCUT2D eigenvalue weighted by atomic mass is 127. The molecule has 0 unspecified atom stereocenters. The molecular weight excluding hydrogens is 429 g/mol. The van der Waals surface area contributed by atoms with Crippen molar-refractivity contribution in [2.24, 2.45) is 10.9 Å². The van der Waals surface area contributed by atoms with Gasteiger partial charge < -0.3 is 15.5 Å². The third kappa shape index (κ3) is 7.52. The lowest BCUT2D eigenvalue weighted by atomic mass is 10.1. The molecule has 1 aliphatic heterocycles. The van der Waals surface area contributed by atoms with Crippen molar-refractivity contribution < 1.29 is 4.79 Å². The van der Waals surface area contributed by atoms with Crippen molar-refractivity contribution in [3.05, 3.63) is 12.7 Å². The van der Waals surface area contributed by atoms with Crippen molar-refractivity contribution in [1.29, 1.82) is 0 Å². The van der Waals surface area contributed by atoms with Crippen molar-refractivity contribution in [2.75, 3.05) is 52.4 Å². The van der Waals surface area contributed by atoms with Crippen LogP contribution in [-0.2, 0) is 4.79 Å². The lowest BCUT2D eigenvalue weighted by Crippen LogP contribution is -2.50. The summed E-state index contributed by atoms with van der Waals surface area (Å²) in [4.78, 5) is 21.5. The lowest BCUT2D eigenvalue weighted by molar-refractivity contribution is -0.137. The summed E-state index contributed by atoms with van der Waals surface area (Å²) in [7, 11) is 0. The van der Waals surface area contributed by atoms with E-state index in [0.29, 0.717) is 18.4 Å². The fourth-order valence-electron chi connectivity index (χ4n) is 3.44. The number of carbonyl (C=O) groups excluding carboxylic acids is 1. The van der Waals surface area contributed by atoms with Crippen LogP contribution in [0.3, 0.4) is 0 Å². The Bertz CT molecular complexity index is 429. The minimum absolute atomic E-state index is 0. The van der Waals surface area contributed by atoms with Crippen molar-refractivity contribution >= 4 is 35.8 Å². The van der Waals surface area contributed by atoms with Crippen LogP contribution in [0.15, 0.2) is 17.6 Å². The van der Waals surface area contributed by atoms with Crippen LogP contribution in [0.1, 0.15) is 32.6 Å². The van der Waals surface area contributed by atoms with Gasteiger partial charge in [-0.05, 0) is 19.8 Å². The van der Waals surface area contributed by atoms with Gasteiger partial charge in [0, 0.05) is 51.7 Å². The molecule has 2 N–H and O–H groups in total. The first-order chi connectivity index (χ1) is 11.7. The van der Waals surface area contributed by atoms with Crippen molar-refractivity contribution in [1.82, 2.24) is 20.4 Å². The zero-order valence-electron chi connectivity index (χ0n) is 15.5. The van der Waals surface area contributed by atoms with Crippen molar-refractivity contribution in [3.8, 4) is 0 Å². The van der Waals surface area contributed by atoms with Crippen LogP contribution < -0.4 is 10.6 Å². The van der Waals surface area contributed by atoms with Gasteiger partial charge in [-0.3, -0.25) is 14.7 Å². The summed E-state index contributed by atoms with van der Waals surface area (Å²) in [5.41, 5.74) is 0. The summed E-state index contributed by atoms with van der Waals surface area (Å²) in [6.45, 7) is 12.7. The molecule has 0 aromatic carbocycles. The van der Waals surface area contributed by atoms with Gasteiger partial charge in [-0.1, -0.05) is 18.9 Å². The van der Waals surface area contributed by atoms with Gasteiger partial charge in [-0.25, -0.2) is 0 Å². The summed E-state index contributed by atoms with van der Waals surface area (Å²) in [5, 5.41) is 6.44. The van der Waals surface area contributed by atoms with Crippen LogP contribution in [0, 0.1) is 5.92 Å². The first kappa shape index (κ1) is 22.2. The topological polar surface area (TPSA) is 60.0 Å². The molecule has 7 heteroatoms. The molecule has 0 spiro atoms. The smallest absolute Gasteiger partial charge is 0.225 e. The molecule has 144 valence electrons. The lowest BCUT2D eigenvalue weighted by Gasteiger charge is -2.35. The Morgan fingerprint density at radius 1 is 1.20 bits per heavy atom. The zero-order chi connectivity index (χ0) is 17.2. The molecule has 1 aliphatic carbocycles. The number of halogens is 1. The number of amides is 1. The van der Waals surface area contributed by atoms with Crippen LogP contribution in [0.25, 0.3) is 0 Å². The minimum Gasteiger partial charge on any atom is -0.357 e. The maximum atomic E-state index is 12.4. The Morgan fingerprint density at radius 3 is 2.48 bits per heavy atom. The van der Waals surface area contributed by atoms with Gasteiger partial charge in [0.05, 0.1) is 6.54 Å². The number of carbonyl (C=O) groups is 1. The van der Waals surface area contributed by atoms with E-state index in [1.54, 1.807) is 0 Å². The van der Waals surface area contributed by atoms with E-state index in [0.717, 1.165) is 64.6 Å². The van der Waals surface area contributed by atoms with E-state index in [-0.39, 0.29) is 24.0 Å². The number of piperazine rings is 1. The van der Waals surface area contributed by atoms with E-state index < -0.39 is 0 Å². The van der Waals surface area contributed by atoms with Crippen LogP contribution in [-0.4, -0.2) is 74.0 Å². The number of rotatable bonds is 7. The quantitative estimate of drug-likeness (QED) is 0.261. The van der Waals surface area contributed by atoms with Crippen LogP contribution in [0.5, 0.6) is 0 Å². The van der Waals surface area contributed by atoms with Crippen molar-refractivity contribution in [2.45, 2.75) is 32.6 Å². The predicted octanol–water partition coefficient (Wildman–Crippen LogP) is 1.68. The third-order valence-electron chi connectivity index (χ3n) is 4.83. The molecule has 0 bridgehead atoms. The summed E-state index contributed by atoms with van der Waals surface area (Å²) in [6.07, 6.45) is 6.47.